The molecule has 1 N–H and O–H groups in total. The summed E-state index contributed by atoms with van der Waals surface area (Å²) >= 11 is 0. The number of aromatic nitrogens is 1. The van der Waals surface area contributed by atoms with Crippen molar-refractivity contribution in [1.29, 1.82) is 0 Å². The molecule has 0 spiro atoms. The summed E-state index contributed by atoms with van der Waals surface area (Å²) in [5, 5.41) is 10.6. The molecule has 0 aliphatic heterocycles. The third-order valence-corrected chi connectivity index (χ3v) is 2.95. The van der Waals surface area contributed by atoms with E-state index in [0.717, 1.165) is 0 Å². The minimum absolute atomic E-state index is 0.170. The van der Waals surface area contributed by atoms with E-state index in [4.69, 9.17) is 10.7 Å². The van der Waals surface area contributed by atoms with Crippen molar-refractivity contribution in [2.75, 3.05) is 0 Å². The van der Waals surface area contributed by atoms with Gasteiger partial charge in [-0.15, -0.1) is 13.2 Å². The van der Waals surface area contributed by atoms with Gasteiger partial charge in [-0.25, -0.2) is 8.42 Å². The van der Waals surface area contributed by atoms with Crippen LogP contribution in [0.3, 0.4) is 0 Å². The maximum atomic E-state index is 12.0. The molecule has 8 nitrogen and oxygen atoms in total. The average Bonchev–Trinajstić information content (AvgIpc) is 2.11. The van der Waals surface area contributed by atoms with Crippen LogP contribution in [0, 0.1) is 10.1 Å². The second-order valence-electron chi connectivity index (χ2n) is 2.92. The predicted octanol–water partition coefficient (Wildman–Crippen LogP) is 1.11. The lowest BCUT2D eigenvalue weighted by Crippen LogP contribution is -2.22. The number of rotatable bonds is 3. The van der Waals surface area contributed by atoms with E-state index in [-0.39, 0.29) is 6.07 Å². The fourth-order valence-electron chi connectivity index (χ4n) is 1.05. The van der Waals surface area contributed by atoms with Gasteiger partial charge in [0, 0.05) is 16.7 Å². The van der Waals surface area contributed by atoms with Crippen LogP contribution in [-0.2, 0) is 9.05 Å². The van der Waals surface area contributed by atoms with E-state index in [0.29, 0.717) is 0 Å². The Morgan fingerprint density at radius 2 is 1.95 bits per heavy atom. The molecule has 0 unspecified atom stereocenters. The molecule has 0 atom stereocenters. The summed E-state index contributed by atoms with van der Waals surface area (Å²) in [6.45, 7) is 0. The second kappa shape index (κ2) is 4.70. The van der Waals surface area contributed by atoms with Gasteiger partial charge in [0.15, 0.2) is 4.90 Å². The van der Waals surface area contributed by atoms with E-state index in [2.05, 4.69) is 4.74 Å². The monoisotopic (exact) mass is 322 g/mol. The lowest BCUT2D eigenvalue weighted by atomic mass is 10.4. The van der Waals surface area contributed by atoms with E-state index in [9.17, 15) is 36.5 Å². The van der Waals surface area contributed by atoms with Crippen LogP contribution in [0.4, 0.5) is 18.9 Å². The Balaban J connectivity index is 3.69. The molecule has 1 aromatic heterocycles. The number of pyridine rings is 1. The molecule has 0 aliphatic rings. The molecule has 1 rings (SSSR count). The number of aromatic amines is 1. The first-order chi connectivity index (χ1) is 8.42. The Bertz CT molecular complexity index is 681. The molecule has 0 bridgehead atoms. The van der Waals surface area contributed by atoms with Crippen LogP contribution in [0.1, 0.15) is 0 Å². The average molecular weight is 323 g/mol. The van der Waals surface area contributed by atoms with Crippen LogP contribution in [0.25, 0.3) is 0 Å². The van der Waals surface area contributed by atoms with Gasteiger partial charge in [0.05, 0.1) is 4.92 Å². The highest BCUT2D eigenvalue weighted by Crippen LogP contribution is 2.35. The zero-order valence-corrected chi connectivity index (χ0v) is 9.97. The summed E-state index contributed by atoms with van der Waals surface area (Å²) < 4.78 is 61.2. The van der Waals surface area contributed by atoms with E-state index < -0.39 is 42.4 Å². The first-order valence-electron chi connectivity index (χ1n) is 4.04. The van der Waals surface area contributed by atoms with Crippen LogP contribution in [-0.4, -0.2) is 24.7 Å². The van der Waals surface area contributed by atoms with Crippen molar-refractivity contribution in [2.45, 2.75) is 11.3 Å². The molecule has 0 saturated heterocycles. The molecule has 0 amide bonds. The van der Waals surface area contributed by atoms with Crippen LogP contribution >= 0.6 is 10.7 Å². The zero-order chi connectivity index (χ0) is 15.0. The molecule has 1 heterocycles. The van der Waals surface area contributed by atoms with Crippen molar-refractivity contribution in [1.82, 2.24) is 4.98 Å². The summed E-state index contributed by atoms with van der Waals surface area (Å²) in [7, 11) is -0.0147. The van der Waals surface area contributed by atoms with Gasteiger partial charge in [0.2, 0.25) is 0 Å². The van der Waals surface area contributed by atoms with Crippen molar-refractivity contribution in [3.05, 3.63) is 26.5 Å². The Labute approximate surface area is 106 Å². The van der Waals surface area contributed by atoms with Crippen LogP contribution in [0.2, 0.25) is 0 Å². The van der Waals surface area contributed by atoms with Gasteiger partial charge >= 0.3 is 12.0 Å². The Morgan fingerprint density at radius 3 is 2.32 bits per heavy atom. The largest absolute Gasteiger partial charge is 0.574 e. The Hall–Kier alpha value is -1.82. The second-order valence-corrected chi connectivity index (χ2v) is 5.45. The summed E-state index contributed by atoms with van der Waals surface area (Å²) in [5.74, 6) is -1.68. The molecule has 0 radical (unpaired) electrons. The van der Waals surface area contributed by atoms with Gasteiger partial charge in [-0.3, -0.25) is 19.9 Å². The number of nitro groups is 1. The fourth-order valence-corrected chi connectivity index (χ4v) is 2.05. The van der Waals surface area contributed by atoms with Gasteiger partial charge in [-0.2, -0.15) is 0 Å². The minimum atomic E-state index is -5.37. The fraction of sp³-hybridized carbons (Fsp3) is 0.167. The van der Waals surface area contributed by atoms with E-state index in [1.165, 1.54) is 4.98 Å². The van der Waals surface area contributed by atoms with Crippen molar-refractivity contribution in [3.8, 4) is 5.88 Å². The minimum Gasteiger partial charge on any atom is -0.382 e. The number of halogens is 4. The highest BCUT2D eigenvalue weighted by Gasteiger charge is 2.38. The normalized spacial score (nSPS) is 12.2. The number of hydrogen-bond donors (Lipinski definition) is 1. The molecule has 106 valence electrons. The van der Waals surface area contributed by atoms with Crippen LogP contribution in [0.15, 0.2) is 15.8 Å². The molecule has 0 fully saturated rings. The molecule has 1 aromatic rings. The zero-order valence-electron chi connectivity index (χ0n) is 8.39. The first kappa shape index (κ1) is 15.2. The maximum absolute atomic E-state index is 12.0. The molecule has 0 aliphatic carbocycles. The summed E-state index contributed by atoms with van der Waals surface area (Å²) in [5.41, 5.74) is -2.99. The number of alkyl halides is 3. The van der Waals surface area contributed by atoms with Gasteiger partial charge in [0.25, 0.3) is 20.5 Å². The molecule has 13 heteroatoms. The van der Waals surface area contributed by atoms with E-state index in [1.807, 2.05) is 0 Å². The smallest absolute Gasteiger partial charge is 0.382 e. The summed E-state index contributed by atoms with van der Waals surface area (Å²) in [4.78, 5) is 20.1. The molecule has 19 heavy (non-hydrogen) atoms. The maximum Gasteiger partial charge on any atom is 0.574 e. The number of nitrogens with one attached hydrogen (secondary N) is 1. The van der Waals surface area contributed by atoms with Crippen molar-refractivity contribution in [3.63, 3.8) is 0 Å². The van der Waals surface area contributed by atoms with Gasteiger partial charge in [-0.1, -0.05) is 0 Å². The standard InChI is InChI=1S/C6H2ClF3N2O6S/c7-19(16,17)2-1-3(13)11-5(4(2)12(14)15)18-6(8,9)10/h1H,(H,11,13). The number of hydrogen-bond acceptors (Lipinski definition) is 6. The molecular formula is C6H2ClF3N2O6S. The van der Waals surface area contributed by atoms with Crippen molar-refractivity contribution < 1.29 is 31.2 Å². The molecular weight excluding hydrogens is 321 g/mol. The third-order valence-electron chi connectivity index (χ3n) is 1.61. The SMILES string of the molecule is O=c1cc(S(=O)(=O)Cl)c([N+](=O)[O-])c(OC(F)(F)F)[nH]1. The lowest BCUT2D eigenvalue weighted by molar-refractivity contribution is -0.392. The first-order valence-corrected chi connectivity index (χ1v) is 6.35. The molecule has 0 saturated carbocycles. The molecule has 0 aromatic carbocycles. The van der Waals surface area contributed by atoms with Gasteiger partial charge in [0.1, 0.15) is 0 Å². The number of H-pyrrole nitrogens is 1. The quantitative estimate of drug-likeness (QED) is 0.505. The van der Waals surface area contributed by atoms with Crippen LogP contribution in [0.5, 0.6) is 5.88 Å². The van der Waals surface area contributed by atoms with E-state index >= 15 is 0 Å². The Kier molecular flexibility index (Phi) is 3.77. The summed E-state index contributed by atoms with van der Waals surface area (Å²) in [6.07, 6.45) is -5.37. The third kappa shape index (κ3) is 3.82. The summed E-state index contributed by atoms with van der Waals surface area (Å²) in [6, 6.07) is 0.170. The highest BCUT2D eigenvalue weighted by molar-refractivity contribution is 8.13. The van der Waals surface area contributed by atoms with Gasteiger partial charge < -0.3 is 4.74 Å². The lowest BCUT2D eigenvalue weighted by Gasteiger charge is -2.09. The highest BCUT2D eigenvalue weighted by atomic mass is 35.7. The van der Waals surface area contributed by atoms with E-state index in [1.54, 1.807) is 0 Å². The topological polar surface area (TPSA) is 119 Å². The van der Waals surface area contributed by atoms with Crippen LogP contribution < -0.4 is 10.3 Å². The van der Waals surface area contributed by atoms with Gasteiger partial charge in [-0.05, 0) is 0 Å². The number of nitrogens with zero attached hydrogens (tertiary/aromatic N) is 1. The predicted molar refractivity (Wildman–Crippen MR) is 53.4 cm³/mol. The van der Waals surface area contributed by atoms with Crippen molar-refractivity contribution in [2.24, 2.45) is 0 Å². The van der Waals surface area contributed by atoms with Crippen molar-refractivity contribution >= 4 is 25.4 Å². The number of ether oxygens (including phenoxy) is 1. The Morgan fingerprint density at radius 1 is 1.42 bits per heavy atom.